The molecule has 0 saturated carbocycles. The minimum atomic E-state index is 0.419. The number of nitrogens with zero attached hydrogens (tertiary/aromatic N) is 6. The molecule has 3 aromatic rings. The Hall–Kier alpha value is -3.91. The fourth-order valence-corrected chi connectivity index (χ4v) is 5.18. The highest BCUT2D eigenvalue weighted by Crippen LogP contribution is 2.28. The van der Waals surface area contributed by atoms with Crippen LogP contribution in [0.25, 0.3) is 11.4 Å². The van der Waals surface area contributed by atoms with Gasteiger partial charge in [-0.3, -0.25) is 4.90 Å². The molecule has 1 N–H and O–H groups in total. The topological polar surface area (TPSA) is 99.4 Å². The first-order valence-electron chi connectivity index (χ1n) is 12.6. The first kappa shape index (κ1) is 24.4. The van der Waals surface area contributed by atoms with Crippen molar-refractivity contribution >= 4 is 29.1 Å². The van der Waals surface area contributed by atoms with Crippen molar-refractivity contribution in [3.8, 4) is 23.2 Å². The molecule has 0 atom stereocenters. The zero-order valence-corrected chi connectivity index (χ0v) is 21.6. The molecule has 0 spiro atoms. The van der Waals surface area contributed by atoms with Gasteiger partial charge < -0.3 is 19.7 Å². The van der Waals surface area contributed by atoms with E-state index in [-0.39, 0.29) is 0 Å². The molecule has 0 amide bonds. The quantitative estimate of drug-likeness (QED) is 0.483. The molecule has 2 fully saturated rings. The normalized spacial score (nSPS) is 17.9. The van der Waals surface area contributed by atoms with Crippen molar-refractivity contribution in [2.75, 3.05) is 55.4 Å². The minimum absolute atomic E-state index is 0.419. The van der Waals surface area contributed by atoms with Crippen molar-refractivity contribution in [1.82, 2.24) is 19.9 Å². The number of piperazine rings is 1. The number of thioether (sulfide) groups is 1. The molecule has 6 rings (SSSR count). The molecule has 2 aromatic carbocycles. The van der Waals surface area contributed by atoms with Gasteiger partial charge >= 0.3 is 0 Å². The summed E-state index contributed by atoms with van der Waals surface area (Å²) in [5.41, 5.74) is 3.24. The summed E-state index contributed by atoms with van der Waals surface area (Å²) < 4.78 is 11.2. The van der Waals surface area contributed by atoms with Crippen molar-refractivity contribution in [2.45, 2.75) is 6.04 Å². The lowest BCUT2D eigenvalue weighted by Gasteiger charge is -2.43. The van der Waals surface area contributed by atoms with E-state index in [9.17, 15) is 5.26 Å². The molecule has 2 saturated heterocycles. The molecule has 192 valence electrons. The van der Waals surface area contributed by atoms with Crippen molar-refractivity contribution in [2.24, 2.45) is 0 Å². The van der Waals surface area contributed by atoms with Gasteiger partial charge in [-0.25, -0.2) is 9.97 Å². The average Bonchev–Trinajstić information content (AvgIpc) is 2.94. The van der Waals surface area contributed by atoms with Crippen LogP contribution in [0.1, 0.15) is 5.56 Å². The van der Waals surface area contributed by atoms with Gasteiger partial charge in [-0.2, -0.15) is 10.2 Å². The molecule has 0 radical (unpaired) electrons. The Morgan fingerprint density at radius 1 is 1.05 bits per heavy atom. The van der Waals surface area contributed by atoms with Crippen molar-refractivity contribution in [1.29, 1.82) is 5.26 Å². The molecular formula is C28H27N7O2S. The third-order valence-electron chi connectivity index (χ3n) is 6.81. The van der Waals surface area contributed by atoms with Gasteiger partial charge in [-0.1, -0.05) is 0 Å². The fraction of sp³-hybridized carbons (Fsp3) is 0.286. The van der Waals surface area contributed by atoms with Gasteiger partial charge in [0.05, 0.1) is 24.8 Å². The molecular weight excluding hydrogens is 498 g/mol. The predicted molar refractivity (Wildman–Crippen MR) is 148 cm³/mol. The zero-order chi connectivity index (χ0) is 25.7. The zero-order valence-electron chi connectivity index (χ0n) is 20.8. The van der Waals surface area contributed by atoms with E-state index >= 15 is 0 Å². The van der Waals surface area contributed by atoms with E-state index in [2.05, 4.69) is 48.3 Å². The number of ether oxygens (including phenoxy) is 2. The molecule has 3 aliphatic rings. The Kier molecular flexibility index (Phi) is 7.22. The second kappa shape index (κ2) is 11.2. The number of nitriles is 1. The van der Waals surface area contributed by atoms with E-state index in [0.29, 0.717) is 34.7 Å². The van der Waals surface area contributed by atoms with Crippen LogP contribution in [0.5, 0.6) is 5.75 Å². The van der Waals surface area contributed by atoms with Gasteiger partial charge in [-0.15, -0.1) is 11.8 Å². The number of rotatable bonds is 7. The summed E-state index contributed by atoms with van der Waals surface area (Å²) >= 11 is 1.69. The maximum Gasteiger partial charge on any atom is 0.230 e. The summed E-state index contributed by atoms with van der Waals surface area (Å²) in [5, 5.41) is 14.9. The van der Waals surface area contributed by atoms with E-state index in [4.69, 9.17) is 9.47 Å². The highest BCUT2D eigenvalue weighted by molar-refractivity contribution is 8.02. The number of hydrogen-bond donors (Lipinski definition) is 1. The number of benzene rings is 2. The van der Waals surface area contributed by atoms with E-state index < -0.39 is 0 Å². The Balaban J connectivity index is 1.11. The average molecular weight is 526 g/mol. The van der Waals surface area contributed by atoms with Crippen molar-refractivity contribution in [3.05, 3.63) is 77.7 Å². The number of anilines is 3. The van der Waals surface area contributed by atoms with Crippen molar-refractivity contribution in [3.63, 3.8) is 0 Å². The molecule has 4 heterocycles. The van der Waals surface area contributed by atoms with E-state index in [1.807, 2.05) is 35.8 Å². The van der Waals surface area contributed by atoms with E-state index in [1.54, 1.807) is 23.9 Å². The smallest absolute Gasteiger partial charge is 0.230 e. The van der Waals surface area contributed by atoms with Crippen LogP contribution in [0, 0.1) is 11.3 Å². The van der Waals surface area contributed by atoms with Gasteiger partial charge in [0.1, 0.15) is 23.9 Å². The largest absolute Gasteiger partial charge is 0.456 e. The summed E-state index contributed by atoms with van der Waals surface area (Å²) in [4.78, 5) is 18.1. The van der Waals surface area contributed by atoms with Crippen LogP contribution in [0.3, 0.4) is 0 Å². The summed E-state index contributed by atoms with van der Waals surface area (Å²) in [5.74, 6) is 3.00. The third-order valence-corrected chi connectivity index (χ3v) is 7.49. The molecule has 1 aromatic heterocycles. The van der Waals surface area contributed by atoms with Crippen LogP contribution in [0.2, 0.25) is 0 Å². The van der Waals surface area contributed by atoms with Crippen molar-refractivity contribution < 1.29 is 9.47 Å². The summed E-state index contributed by atoms with van der Waals surface area (Å²) in [7, 11) is 0. The van der Waals surface area contributed by atoms with Crippen LogP contribution in [0.4, 0.5) is 17.3 Å². The Morgan fingerprint density at radius 3 is 2.61 bits per heavy atom. The van der Waals surface area contributed by atoms with Crippen LogP contribution < -0.4 is 15.0 Å². The van der Waals surface area contributed by atoms with Gasteiger partial charge in [0, 0.05) is 48.9 Å². The summed E-state index contributed by atoms with van der Waals surface area (Å²) in [6.07, 6.45) is 5.35. The highest BCUT2D eigenvalue weighted by atomic mass is 32.2. The molecule has 0 unspecified atom stereocenters. The summed E-state index contributed by atoms with van der Waals surface area (Å²) in [6, 6.07) is 16.5. The lowest BCUT2D eigenvalue weighted by Crippen LogP contribution is -2.56. The van der Waals surface area contributed by atoms with Crippen LogP contribution in [-0.4, -0.2) is 71.0 Å². The Labute approximate surface area is 225 Å². The molecule has 0 bridgehead atoms. The SMILES string of the molecule is N#Cc1cc(-c2ncnc(Nc3ccc(N4CCN(C5COC5)CC4)cc3)n2)ccc1OC1=CCSC=C1. The van der Waals surface area contributed by atoms with Gasteiger partial charge in [0.15, 0.2) is 5.82 Å². The number of nitrogens with one attached hydrogen (secondary N) is 1. The molecule has 10 heteroatoms. The number of hydrogen-bond acceptors (Lipinski definition) is 10. The Bertz CT molecular complexity index is 1390. The van der Waals surface area contributed by atoms with E-state index in [1.165, 1.54) is 12.0 Å². The highest BCUT2D eigenvalue weighted by Gasteiger charge is 2.28. The molecule has 0 aliphatic carbocycles. The molecule has 9 nitrogen and oxygen atoms in total. The fourth-order valence-electron chi connectivity index (χ4n) is 4.58. The van der Waals surface area contributed by atoms with Crippen LogP contribution >= 0.6 is 11.8 Å². The Morgan fingerprint density at radius 2 is 1.89 bits per heavy atom. The lowest BCUT2D eigenvalue weighted by molar-refractivity contribution is -0.0660. The minimum Gasteiger partial charge on any atom is -0.456 e. The first-order valence-corrected chi connectivity index (χ1v) is 13.6. The lowest BCUT2D eigenvalue weighted by atomic mass is 10.1. The monoisotopic (exact) mass is 525 g/mol. The number of aromatic nitrogens is 3. The maximum absolute atomic E-state index is 9.69. The predicted octanol–water partition coefficient (Wildman–Crippen LogP) is 4.20. The number of allylic oxidation sites excluding steroid dienone is 1. The van der Waals surface area contributed by atoms with Crippen LogP contribution in [-0.2, 0) is 4.74 Å². The van der Waals surface area contributed by atoms with Gasteiger partial charge in [0.25, 0.3) is 0 Å². The first-order chi connectivity index (χ1) is 18.7. The third kappa shape index (κ3) is 5.50. The summed E-state index contributed by atoms with van der Waals surface area (Å²) in [6.45, 7) is 5.90. The standard InChI is InChI=1S/C28H27N7O2S/c29-16-21-15-20(1-6-26(21)37-25-7-13-38-14-8-25)27-30-19-31-28(33-27)32-22-2-4-23(5-3-22)34-9-11-35(12-10-34)24-17-36-18-24/h1-8,13,15,19,24H,9-12,14,17-18H2,(H,30,31,32,33). The second-order valence-corrected chi connectivity index (χ2v) is 10.1. The molecule has 3 aliphatic heterocycles. The molecule has 38 heavy (non-hydrogen) atoms. The maximum atomic E-state index is 9.69. The van der Waals surface area contributed by atoms with Gasteiger partial charge in [0.2, 0.25) is 5.95 Å². The second-order valence-electron chi connectivity index (χ2n) is 9.19. The van der Waals surface area contributed by atoms with E-state index in [0.717, 1.165) is 56.6 Å². The van der Waals surface area contributed by atoms with Crippen LogP contribution in [0.15, 0.2) is 72.1 Å². The van der Waals surface area contributed by atoms with Gasteiger partial charge in [-0.05, 0) is 60.0 Å².